The van der Waals surface area contributed by atoms with E-state index in [0.717, 1.165) is 47.1 Å². The van der Waals surface area contributed by atoms with Crippen LogP contribution in [-0.2, 0) is 4.79 Å². The second-order valence-corrected chi connectivity index (χ2v) is 8.96. The Kier molecular flexibility index (Phi) is 5.92. The summed E-state index contributed by atoms with van der Waals surface area (Å²) in [6, 6.07) is 19.3. The molecule has 7 heteroatoms. The fourth-order valence-corrected chi connectivity index (χ4v) is 5.01. The molecule has 0 aliphatic carbocycles. The molecule has 1 saturated heterocycles. The lowest BCUT2D eigenvalue weighted by atomic mass is 9.86. The molecule has 2 aromatic carbocycles. The Balaban J connectivity index is 1.20. The normalized spacial score (nSPS) is 16.1. The monoisotopic (exact) mass is 447 g/mol. The summed E-state index contributed by atoms with van der Waals surface area (Å²) in [4.78, 5) is 30.7. The van der Waals surface area contributed by atoms with Gasteiger partial charge >= 0.3 is 0 Å². The highest BCUT2D eigenvalue weighted by atomic mass is 32.1. The van der Waals surface area contributed by atoms with Crippen molar-refractivity contribution in [1.82, 2.24) is 15.1 Å². The molecular formula is C25H25N3O3S. The van der Waals surface area contributed by atoms with Gasteiger partial charge in [-0.25, -0.2) is 0 Å². The first kappa shape index (κ1) is 20.7. The topological polar surface area (TPSA) is 61.9 Å². The summed E-state index contributed by atoms with van der Waals surface area (Å²) in [7, 11) is 0. The Bertz CT molecular complexity index is 1060. The molecule has 2 aliphatic heterocycles. The van der Waals surface area contributed by atoms with Gasteiger partial charge in [0, 0.05) is 50.4 Å². The highest BCUT2D eigenvalue weighted by Crippen LogP contribution is 2.44. The number of para-hydroxylation sites is 2. The number of nitrogens with one attached hydrogen (secondary N) is 1. The molecule has 0 saturated carbocycles. The van der Waals surface area contributed by atoms with Crippen LogP contribution < -0.4 is 10.1 Å². The Morgan fingerprint density at radius 3 is 2.19 bits per heavy atom. The quantitative estimate of drug-likeness (QED) is 0.650. The summed E-state index contributed by atoms with van der Waals surface area (Å²) in [5.74, 6) is 1.27. The van der Waals surface area contributed by atoms with Crippen LogP contribution in [0.5, 0.6) is 11.5 Å². The van der Waals surface area contributed by atoms with Crippen molar-refractivity contribution in [3.63, 3.8) is 0 Å². The Morgan fingerprint density at radius 2 is 1.56 bits per heavy atom. The lowest BCUT2D eigenvalue weighted by Crippen LogP contribution is -2.51. The van der Waals surface area contributed by atoms with Crippen LogP contribution in [0.1, 0.15) is 26.7 Å². The van der Waals surface area contributed by atoms with E-state index >= 15 is 0 Å². The van der Waals surface area contributed by atoms with Crippen LogP contribution in [0.2, 0.25) is 0 Å². The van der Waals surface area contributed by atoms with Gasteiger partial charge in [0.15, 0.2) is 0 Å². The molecule has 164 valence electrons. The van der Waals surface area contributed by atoms with E-state index in [0.29, 0.717) is 19.6 Å². The van der Waals surface area contributed by atoms with E-state index in [2.05, 4.69) is 10.2 Å². The van der Waals surface area contributed by atoms with Gasteiger partial charge in [-0.3, -0.25) is 14.5 Å². The van der Waals surface area contributed by atoms with Gasteiger partial charge in [-0.05, 0) is 23.6 Å². The van der Waals surface area contributed by atoms with E-state index in [1.165, 1.54) is 11.3 Å². The number of ether oxygens (including phenoxy) is 1. The lowest BCUT2D eigenvalue weighted by Gasteiger charge is -2.37. The molecule has 3 heterocycles. The number of amides is 2. The number of hydrogen-bond donors (Lipinski definition) is 1. The van der Waals surface area contributed by atoms with Gasteiger partial charge in [0.05, 0.1) is 10.8 Å². The number of benzene rings is 2. The molecule has 2 amide bonds. The zero-order valence-electron chi connectivity index (χ0n) is 17.7. The van der Waals surface area contributed by atoms with Crippen molar-refractivity contribution < 1.29 is 14.3 Å². The minimum atomic E-state index is -0.340. The molecule has 0 radical (unpaired) electrons. The average molecular weight is 448 g/mol. The molecule has 0 atom stereocenters. The largest absolute Gasteiger partial charge is 0.457 e. The van der Waals surface area contributed by atoms with Crippen molar-refractivity contribution in [3.05, 3.63) is 82.0 Å². The first-order valence-electron chi connectivity index (χ1n) is 10.9. The molecule has 3 aromatic rings. The molecule has 0 unspecified atom stereocenters. The average Bonchev–Trinajstić information content (AvgIpc) is 3.38. The van der Waals surface area contributed by atoms with Gasteiger partial charge in [0.2, 0.25) is 5.91 Å². The van der Waals surface area contributed by atoms with E-state index < -0.39 is 0 Å². The van der Waals surface area contributed by atoms with Gasteiger partial charge < -0.3 is 15.0 Å². The van der Waals surface area contributed by atoms with Gasteiger partial charge in [-0.2, -0.15) is 0 Å². The molecule has 32 heavy (non-hydrogen) atoms. The summed E-state index contributed by atoms with van der Waals surface area (Å²) in [5, 5.41) is 4.88. The van der Waals surface area contributed by atoms with Crippen LogP contribution in [0.15, 0.2) is 66.0 Å². The van der Waals surface area contributed by atoms with Crippen molar-refractivity contribution >= 4 is 23.2 Å². The standard InChI is InChI=1S/C25H25N3O3S/c29-24(22-10-5-17-32-22)26-11-12-27-13-15-28(16-14-27)25(30)23-18-6-1-3-8-20(18)31-21-9-4-2-7-19(21)23/h1-10,17,23H,11-16H2,(H,26,29). The zero-order valence-corrected chi connectivity index (χ0v) is 18.5. The fraction of sp³-hybridized carbons (Fsp3) is 0.280. The predicted octanol–water partition coefficient (Wildman–Crippen LogP) is 3.56. The van der Waals surface area contributed by atoms with E-state index in [-0.39, 0.29) is 17.7 Å². The number of carbonyl (C=O) groups is 2. The van der Waals surface area contributed by atoms with E-state index in [9.17, 15) is 9.59 Å². The van der Waals surface area contributed by atoms with Gasteiger partial charge in [-0.15, -0.1) is 11.3 Å². The molecule has 1 fully saturated rings. The van der Waals surface area contributed by atoms with Crippen LogP contribution in [0.4, 0.5) is 0 Å². The van der Waals surface area contributed by atoms with E-state index in [1.807, 2.05) is 70.9 Å². The molecule has 1 aromatic heterocycles. The van der Waals surface area contributed by atoms with Crippen molar-refractivity contribution in [2.45, 2.75) is 5.92 Å². The van der Waals surface area contributed by atoms with Crippen LogP contribution in [-0.4, -0.2) is 60.9 Å². The summed E-state index contributed by atoms with van der Waals surface area (Å²) in [6.07, 6.45) is 0. The van der Waals surface area contributed by atoms with E-state index in [4.69, 9.17) is 4.74 Å². The van der Waals surface area contributed by atoms with Crippen LogP contribution in [0.3, 0.4) is 0 Å². The minimum absolute atomic E-state index is 0.0225. The number of nitrogens with zero attached hydrogens (tertiary/aromatic N) is 2. The van der Waals surface area contributed by atoms with Gasteiger partial charge in [0.1, 0.15) is 11.5 Å². The van der Waals surface area contributed by atoms with E-state index in [1.54, 1.807) is 0 Å². The summed E-state index contributed by atoms with van der Waals surface area (Å²) in [5.41, 5.74) is 1.85. The Morgan fingerprint density at radius 1 is 0.906 bits per heavy atom. The number of fused-ring (bicyclic) bond motifs is 2. The maximum absolute atomic E-state index is 13.6. The second kappa shape index (κ2) is 9.14. The summed E-state index contributed by atoms with van der Waals surface area (Å²) in [6.45, 7) is 4.34. The first-order valence-corrected chi connectivity index (χ1v) is 11.8. The summed E-state index contributed by atoms with van der Waals surface area (Å²) < 4.78 is 6.04. The molecule has 0 spiro atoms. The molecule has 5 rings (SSSR count). The second-order valence-electron chi connectivity index (χ2n) is 8.01. The Labute approximate surface area is 191 Å². The number of carbonyl (C=O) groups excluding carboxylic acids is 2. The third kappa shape index (κ3) is 4.13. The first-order chi connectivity index (χ1) is 15.7. The minimum Gasteiger partial charge on any atom is -0.457 e. The lowest BCUT2D eigenvalue weighted by molar-refractivity contribution is -0.133. The SMILES string of the molecule is O=C(NCCN1CCN(C(=O)C2c3ccccc3Oc3ccccc32)CC1)c1cccs1. The van der Waals surface area contributed by atoms with Crippen molar-refractivity contribution in [1.29, 1.82) is 0 Å². The number of thiophene rings is 1. The van der Waals surface area contributed by atoms with Crippen molar-refractivity contribution in [3.8, 4) is 11.5 Å². The third-order valence-electron chi connectivity index (χ3n) is 6.07. The van der Waals surface area contributed by atoms with Gasteiger partial charge in [0.25, 0.3) is 5.91 Å². The zero-order chi connectivity index (χ0) is 21.9. The van der Waals surface area contributed by atoms with Crippen LogP contribution in [0.25, 0.3) is 0 Å². The molecule has 1 N–H and O–H groups in total. The highest BCUT2D eigenvalue weighted by molar-refractivity contribution is 7.12. The number of piperazine rings is 1. The molecule has 0 bridgehead atoms. The maximum atomic E-state index is 13.6. The van der Waals surface area contributed by atoms with Gasteiger partial charge in [-0.1, -0.05) is 42.5 Å². The maximum Gasteiger partial charge on any atom is 0.261 e. The molecular weight excluding hydrogens is 422 g/mol. The van der Waals surface area contributed by atoms with Crippen molar-refractivity contribution in [2.24, 2.45) is 0 Å². The molecule has 6 nitrogen and oxygen atoms in total. The Hall–Kier alpha value is -3.16. The third-order valence-corrected chi connectivity index (χ3v) is 6.94. The summed E-state index contributed by atoms with van der Waals surface area (Å²) >= 11 is 1.45. The van der Waals surface area contributed by atoms with Crippen molar-refractivity contribution in [2.75, 3.05) is 39.3 Å². The predicted molar refractivity (Wildman–Crippen MR) is 124 cm³/mol. The van der Waals surface area contributed by atoms with Crippen LogP contribution >= 0.6 is 11.3 Å². The molecule has 2 aliphatic rings. The number of rotatable bonds is 5. The smallest absolute Gasteiger partial charge is 0.261 e. The fourth-order valence-electron chi connectivity index (χ4n) is 4.37. The van der Waals surface area contributed by atoms with Crippen LogP contribution in [0, 0.1) is 0 Å². The number of hydrogen-bond acceptors (Lipinski definition) is 5. The highest BCUT2D eigenvalue weighted by Gasteiger charge is 2.36.